The minimum absolute atomic E-state index is 0.388. The van der Waals surface area contributed by atoms with Gasteiger partial charge in [0.05, 0.1) is 5.52 Å². The predicted molar refractivity (Wildman–Crippen MR) is 81.2 cm³/mol. The standard InChI is InChI=1S/C15H20N2S/c1-3-8-18-11-15(16-2)13-9-12-6-4-5-7-14(12)17-10-13/h4-7,9-10,15-16H,3,8,11H2,1-2H3. The van der Waals surface area contributed by atoms with Gasteiger partial charge < -0.3 is 5.32 Å². The minimum Gasteiger partial charge on any atom is -0.312 e. The molecule has 2 nitrogen and oxygen atoms in total. The first-order valence-corrected chi connectivity index (χ1v) is 7.60. The largest absolute Gasteiger partial charge is 0.312 e. The van der Waals surface area contributed by atoms with Gasteiger partial charge in [-0.3, -0.25) is 4.98 Å². The average Bonchev–Trinajstić information content (AvgIpc) is 2.43. The van der Waals surface area contributed by atoms with Gasteiger partial charge in [0.2, 0.25) is 0 Å². The summed E-state index contributed by atoms with van der Waals surface area (Å²) in [6.45, 7) is 2.22. The number of benzene rings is 1. The second-order valence-electron chi connectivity index (χ2n) is 4.38. The van der Waals surface area contributed by atoms with Gasteiger partial charge in [-0.15, -0.1) is 0 Å². The molecule has 1 N–H and O–H groups in total. The van der Waals surface area contributed by atoms with Crippen LogP contribution < -0.4 is 5.32 Å². The molecule has 96 valence electrons. The van der Waals surface area contributed by atoms with Crippen LogP contribution in [-0.4, -0.2) is 23.5 Å². The summed E-state index contributed by atoms with van der Waals surface area (Å²) in [5.74, 6) is 2.32. The summed E-state index contributed by atoms with van der Waals surface area (Å²) in [6, 6.07) is 10.9. The van der Waals surface area contributed by atoms with Crippen LogP contribution in [0.5, 0.6) is 0 Å². The molecule has 0 saturated carbocycles. The Bertz CT molecular complexity index is 499. The third-order valence-electron chi connectivity index (χ3n) is 3.00. The van der Waals surface area contributed by atoms with Crippen molar-refractivity contribution in [3.8, 4) is 0 Å². The van der Waals surface area contributed by atoms with Gasteiger partial charge in [0, 0.05) is 23.4 Å². The van der Waals surface area contributed by atoms with Crippen LogP contribution in [0.15, 0.2) is 36.5 Å². The SMILES string of the molecule is CCCSCC(NC)c1cnc2ccccc2c1. The first kappa shape index (κ1) is 13.4. The number of fused-ring (bicyclic) bond motifs is 1. The van der Waals surface area contributed by atoms with Gasteiger partial charge in [-0.25, -0.2) is 0 Å². The Labute approximate surface area is 113 Å². The number of para-hydroxylation sites is 1. The first-order valence-electron chi connectivity index (χ1n) is 6.45. The van der Waals surface area contributed by atoms with E-state index in [4.69, 9.17) is 0 Å². The summed E-state index contributed by atoms with van der Waals surface area (Å²) in [5.41, 5.74) is 2.34. The third-order valence-corrected chi connectivity index (χ3v) is 4.26. The van der Waals surface area contributed by atoms with Crippen LogP contribution in [-0.2, 0) is 0 Å². The molecule has 0 aliphatic heterocycles. The van der Waals surface area contributed by atoms with Crippen molar-refractivity contribution in [3.63, 3.8) is 0 Å². The zero-order valence-corrected chi connectivity index (χ0v) is 11.8. The first-order chi connectivity index (χ1) is 8.85. The van der Waals surface area contributed by atoms with Crippen molar-refractivity contribution in [1.82, 2.24) is 10.3 Å². The van der Waals surface area contributed by atoms with Gasteiger partial charge in [-0.05, 0) is 36.9 Å². The lowest BCUT2D eigenvalue weighted by molar-refractivity contribution is 0.660. The number of hydrogen-bond donors (Lipinski definition) is 1. The molecule has 0 aliphatic rings. The molecular weight excluding hydrogens is 240 g/mol. The van der Waals surface area contributed by atoms with Crippen LogP contribution >= 0.6 is 11.8 Å². The minimum atomic E-state index is 0.388. The Hall–Kier alpha value is -1.06. The lowest BCUT2D eigenvalue weighted by Gasteiger charge is -2.16. The van der Waals surface area contributed by atoms with Gasteiger partial charge in [0.1, 0.15) is 0 Å². The zero-order valence-electron chi connectivity index (χ0n) is 11.0. The van der Waals surface area contributed by atoms with E-state index in [0.29, 0.717) is 6.04 Å². The quantitative estimate of drug-likeness (QED) is 0.803. The van der Waals surface area contributed by atoms with E-state index in [1.54, 1.807) is 0 Å². The molecule has 1 aromatic heterocycles. The molecule has 0 fully saturated rings. The molecular formula is C15H20N2S. The van der Waals surface area contributed by atoms with Crippen molar-refractivity contribution in [2.75, 3.05) is 18.6 Å². The summed E-state index contributed by atoms with van der Waals surface area (Å²) in [5, 5.41) is 4.60. The Morgan fingerprint density at radius 3 is 2.94 bits per heavy atom. The van der Waals surface area contributed by atoms with E-state index < -0.39 is 0 Å². The van der Waals surface area contributed by atoms with Crippen LogP contribution in [0.25, 0.3) is 10.9 Å². The predicted octanol–water partition coefficient (Wildman–Crippen LogP) is 3.64. The Kier molecular flexibility index (Phi) is 5.02. The van der Waals surface area contributed by atoms with Crippen LogP contribution in [0.3, 0.4) is 0 Å². The highest BCUT2D eigenvalue weighted by atomic mass is 32.2. The van der Waals surface area contributed by atoms with Gasteiger partial charge in [0.25, 0.3) is 0 Å². The number of rotatable bonds is 6. The topological polar surface area (TPSA) is 24.9 Å². The smallest absolute Gasteiger partial charge is 0.0702 e. The van der Waals surface area contributed by atoms with Crippen molar-refractivity contribution in [3.05, 3.63) is 42.1 Å². The van der Waals surface area contributed by atoms with E-state index in [9.17, 15) is 0 Å². The van der Waals surface area contributed by atoms with Gasteiger partial charge >= 0.3 is 0 Å². The average molecular weight is 260 g/mol. The molecule has 1 unspecified atom stereocenters. The highest BCUT2D eigenvalue weighted by Gasteiger charge is 2.10. The maximum Gasteiger partial charge on any atom is 0.0702 e. The molecule has 2 rings (SSSR count). The molecule has 0 radical (unpaired) electrons. The highest BCUT2D eigenvalue weighted by Crippen LogP contribution is 2.21. The van der Waals surface area contributed by atoms with Crippen LogP contribution in [0.2, 0.25) is 0 Å². The highest BCUT2D eigenvalue weighted by molar-refractivity contribution is 7.99. The number of pyridine rings is 1. The number of thioether (sulfide) groups is 1. The molecule has 0 amide bonds. The third kappa shape index (κ3) is 3.24. The van der Waals surface area contributed by atoms with Crippen molar-refractivity contribution >= 4 is 22.7 Å². The summed E-state index contributed by atoms with van der Waals surface area (Å²) < 4.78 is 0. The lowest BCUT2D eigenvalue weighted by atomic mass is 10.1. The van der Waals surface area contributed by atoms with E-state index in [1.807, 2.05) is 31.1 Å². The lowest BCUT2D eigenvalue weighted by Crippen LogP contribution is -2.19. The molecule has 1 atom stereocenters. The van der Waals surface area contributed by atoms with Crippen LogP contribution in [0.1, 0.15) is 24.9 Å². The second-order valence-corrected chi connectivity index (χ2v) is 5.53. The van der Waals surface area contributed by atoms with Crippen molar-refractivity contribution < 1.29 is 0 Å². The normalized spacial score (nSPS) is 12.8. The van der Waals surface area contributed by atoms with Crippen LogP contribution in [0.4, 0.5) is 0 Å². The number of aromatic nitrogens is 1. The molecule has 18 heavy (non-hydrogen) atoms. The van der Waals surface area contributed by atoms with E-state index in [1.165, 1.54) is 23.1 Å². The summed E-state index contributed by atoms with van der Waals surface area (Å²) in [7, 11) is 2.02. The molecule has 2 aromatic rings. The van der Waals surface area contributed by atoms with Crippen molar-refractivity contribution in [2.45, 2.75) is 19.4 Å². The fourth-order valence-corrected chi connectivity index (χ4v) is 3.02. The summed E-state index contributed by atoms with van der Waals surface area (Å²) in [6.07, 6.45) is 3.23. The summed E-state index contributed by atoms with van der Waals surface area (Å²) in [4.78, 5) is 4.53. The molecule has 0 bridgehead atoms. The van der Waals surface area contributed by atoms with E-state index in [2.05, 4.69) is 41.5 Å². The molecule has 0 saturated heterocycles. The van der Waals surface area contributed by atoms with Crippen molar-refractivity contribution in [1.29, 1.82) is 0 Å². The number of nitrogens with zero attached hydrogens (tertiary/aromatic N) is 1. The molecule has 3 heteroatoms. The monoisotopic (exact) mass is 260 g/mol. The molecule has 1 heterocycles. The Balaban J connectivity index is 2.17. The number of hydrogen-bond acceptors (Lipinski definition) is 3. The molecule has 1 aromatic carbocycles. The van der Waals surface area contributed by atoms with E-state index >= 15 is 0 Å². The Morgan fingerprint density at radius 2 is 2.17 bits per heavy atom. The fourth-order valence-electron chi connectivity index (χ4n) is 1.97. The maximum atomic E-state index is 4.53. The molecule has 0 spiro atoms. The maximum absolute atomic E-state index is 4.53. The number of nitrogens with one attached hydrogen (secondary N) is 1. The van der Waals surface area contributed by atoms with Crippen LogP contribution in [0, 0.1) is 0 Å². The van der Waals surface area contributed by atoms with Gasteiger partial charge in [0.15, 0.2) is 0 Å². The summed E-state index contributed by atoms with van der Waals surface area (Å²) >= 11 is 2.00. The zero-order chi connectivity index (χ0) is 12.8. The second kappa shape index (κ2) is 6.76. The fraction of sp³-hybridized carbons (Fsp3) is 0.400. The Morgan fingerprint density at radius 1 is 1.33 bits per heavy atom. The van der Waals surface area contributed by atoms with Gasteiger partial charge in [-0.2, -0.15) is 11.8 Å². The van der Waals surface area contributed by atoms with Crippen molar-refractivity contribution in [2.24, 2.45) is 0 Å². The molecule has 0 aliphatic carbocycles. The van der Waals surface area contributed by atoms with Gasteiger partial charge in [-0.1, -0.05) is 25.1 Å². The van der Waals surface area contributed by atoms with E-state index in [0.717, 1.165) is 11.3 Å². The van der Waals surface area contributed by atoms with E-state index in [-0.39, 0.29) is 0 Å².